The van der Waals surface area contributed by atoms with Gasteiger partial charge in [0.2, 0.25) is 0 Å². The quantitative estimate of drug-likeness (QED) is 0.709. The van der Waals surface area contributed by atoms with Crippen molar-refractivity contribution in [1.82, 2.24) is 0 Å². The molecule has 0 saturated carbocycles. The fourth-order valence-corrected chi connectivity index (χ4v) is 1.49. The summed E-state index contributed by atoms with van der Waals surface area (Å²) >= 11 is 0. The molecule has 0 aromatic heterocycles. The van der Waals surface area contributed by atoms with E-state index in [0.717, 1.165) is 32.4 Å². The van der Waals surface area contributed by atoms with Crippen LogP contribution in [0.25, 0.3) is 0 Å². The first-order valence-corrected chi connectivity index (χ1v) is 4.85. The Kier molecular flexibility index (Phi) is 4.50. The minimum atomic E-state index is 0.722. The maximum absolute atomic E-state index is 5.53. The highest BCUT2D eigenvalue weighted by molar-refractivity contribution is 5.27. The van der Waals surface area contributed by atoms with E-state index in [0.29, 0.717) is 0 Å². The van der Waals surface area contributed by atoms with E-state index in [4.69, 9.17) is 11.5 Å². The van der Waals surface area contributed by atoms with Crippen LogP contribution in [-0.4, -0.2) is 13.1 Å². The molecule has 0 saturated heterocycles. The van der Waals surface area contributed by atoms with Gasteiger partial charge < -0.3 is 11.5 Å². The molecule has 0 aliphatic rings. The minimum Gasteiger partial charge on any atom is -0.330 e. The van der Waals surface area contributed by atoms with Crippen LogP contribution in [0.4, 0.5) is 0 Å². The summed E-state index contributed by atoms with van der Waals surface area (Å²) in [5.74, 6) is 0. The molecule has 0 atom stereocenters. The Morgan fingerprint density at radius 2 is 1.46 bits per heavy atom. The molecule has 2 nitrogen and oxygen atoms in total. The molecule has 1 aromatic carbocycles. The van der Waals surface area contributed by atoms with Crippen molar-refractivity contribution in [1.29, 1.82) is 0 Å². The Labute approximate surface area is 79.9 Å². The van der Waals surface area contributed by atoms with Gasteiger partial charge in [0.15, 0.2) is 0 Å². The highest BCUT2D eigenvalue weighted by Gasteiger charge is 1.99. The summed E-state index contributed by atoms with van der Waals surface area (Å²) in [6, 6.07) is 8.46. The van der Waals surface area contributed by atoms with Gasteiger partial charge >= 0.3 is 0 Å². The lowest BCUT2D eigenvalue weighted by atomic mass is 10.0. The maximum Gasteiger partial charge on any atom is -0.00366 e. The first-order chi connectivity index (χ1) is 6.38. The fraction of sp³-hybridized carbons (Fsp3) is 0.455. The summed E-state index contributed by atoms with van der Waals surface area (Å²) in [4.78, 5) is 0. The normalized spacial score (nSPS) is 10.3. The molecule has 1 aromatic rings. The summed E-state index contributed by atoms with van der Waals surface area (Å²) in [5, 5.41) is 0. The van der Waals surface area contributed by atoms with Crippen LogP contribution in [0.5, 0.6) is 0 Å². The molecule has 0 aliphatic carbocycles. The third kappa shape index (κ3) is 3.17. The van der Waals surface area contributed by atoms with Crippen molar-refractivity contribution >= 4 is 0 Å². The molecular weight excluding hydrogens is 160 g/mol. The fourth-order valence-electron chi connectivity index (χ4n) is 1.49. The van der Waals surface area contributed by atoms with E-state index in [9.17, 15) is 0 Å². The topological polar surface area (TPSA) is 52.0 Å². The largest absolute Gasteiger partial charge is 0.330 e. The average Bonchev–Trinajstić information content (AvgIpc) is 2.17. The highest BCUT2D eigenvalue weighted by Crippen LogP contribution is 2.10. The van der Waals surface area contributed by atoms with Crippen molar-refractivity contribution in [2.24, 2.45) is 11.5 Å². The van der Waals surface area contributed by atoms with Crippen LogP contribution in [0.2, 0.25) is 0 Å². The minimum absolute atomic E-state index is 0.722. The lowest BCUT2D eigenvalue weighted by Gasteiger charge is -2.07. The second-order valence-corrected chi connectivity index (χ2v) is 3.20. The van der Waals surface area contributed by atoms with E-state index >= 15 is 0 Å². The smallest absolute Gasteiger partial charge is 0.00366 e. The standard InChI is InChI=1S/C11H18N2/c12-8-3-6-10-4-1-2-5-11(10)7-9-13/h1-2,4-5H,3,6-9,12-13H2. The van der Waals surface area contributed by atoms with Crippen LogP contribution in [0, 0.1) is 0 Å². The molecular formula is C11H18N2. The van der Waals surface area contributed by atoms with Gasteiger partial charge in [0.1, 0.15) is 0 Å². The second-order valence-electron chi connectivity index (χ2n) is 3.20. The first-order valence-electron chi connectivity index (χ1n) is 4.85. The van der Waals surface area contributed by atoms with Crippen LogP contribution in [0.15, 0.2) is 24.3 Å². The van der Waals surface area contributed by atoms with Crippen molar-refractivity contribution in [2.75, 3.05) is 13.1 Å². The van der Waals surface area contributed by atoms with E-state index in [-0.39, 0.29) is 0 Å². The molecule has 0 amide bonds. The van der Waals surface area contributed by atoms with E-state index in [1.807, 2.05) is 0 Å². The Balaban J connectivity index is 2.66. The number of hydrogen-bond donors (Lipinski definition) is 2. The molecule has 0 spiro atoms. The van der Waals surface area contributed by atoms with Crippen molar-refractivity contribution in [2.45, 2.75) is 19.3 Å². The molecule has 0 bridgehead atoms. The Morgan fingerprint density at radius 3 is 2.00 bits per heavy atom. The van der Waals surface area contributed by atoms with Crippen molar-refractivity contribution in [3.63, 3.8) is 0 Å². The number of rotatable bonds is 5. The molecule has 1 rings (SSSR count). The number of aryl methyl sites for hydroxylation is 1. The number of benzene rings is 1. The zero-order chi connectivity index (χ0) is 9.52. The van der Waals surface area contributed by atoms with E-state index < -0.39 is 0 Å². The molecule has 0 aliphatic heterocycles. The summed E-state index contributed by atoms with van der Waals surface area (Å²) < 4.78 is 0. The first kappa shape index (κ1) is 10.2. The monoisotopic (exact) mass is 178 g/mol. The zero-order valence-corrected chi connectivity index (χ0v) is 8.00. The second kappa shape index (κ2) is 5.73. The van der Waals surface area contributed by atoms with Gasteiger partial charge in [-0.3, -0.25) is 0 Å². The van der Waals surface area contributed by atoms with Gasteiger partial charge in [0.25, 0.3) is 0 Å². The average molecular weight is 178 g/mol. The van der Waals surface area contributed by atoms with Crippen molar-refractivity contribution in [3.8, 4) is 0 Å². The van der Waals surface area contributed by atoms with Gasteiger partial charge in [-0.1, -0.05) is 24.3 Å². The van der Waals surface area contributed by atoms with E-state index in [2.05, 4.69) is 24.3 Å². The Bertz CT molecular complexity index is 246. The van der Waals surface area contributed by atoms with Gasteiger partial charge in [0, 0.05) is 0 Å². The molecule has 13 heavy (non-hydrogen) atoms. The van der Waals surface area contributed by atoms with Crippen LogP contribution in [0.1, 0.15) is 17.5 Å². The molecule has 72 valence electrons. The van der Waals surface area contributed by atoms with Gasteiger partial charge in [-0.2, -0.15) is 0 Å². The maximum atomic E-state index is 5.53. The van der Waals surface area contributed by atoms with E-state index in [1.165, 1.54) is 11.1 Å². The van der Waals surface area contributed by atoms with E-state index in [1.54, 1.807) is 0 Å². The van der Waals surface area contributed by atoms with Crippen LogP contribution in [-0.2, 0) is 12.8 Å². The summed E-state index contributed by atoms with van der Waals surface area (Å²) in [6.07, 6.45) is 3.11. The van der Waals surface area contributed by atoms with Gasteiger partial charge in [-0.05, 0) is 43.5 Å². The van der Waals surface area contributed by atoms with Gasteiger partial charge in [-0.15, -0.1) is 0 Å². The molecule has 2 heteroatoms. The molecule has 0 heterocycles. The Morgan fingerprint density at radius 1 is 0.846 bits per heavy atom. The van der Waals surface area contributed by atoms with Crippen molar-refractivity contribution in [3.05, 3.63) is 35.4 Å². The zero-order valence-electron chi connectivity index (χ0n) is 8.00. The third-order valence-electron chi connectivity index (χ3n) is 2.18. The number of hydrogen-bond acceptors (Lipinski definition) is 2. The Hall–Kier alpha value is -0.860. The summed E-state index contributed by atoms with van der Waals surface area (Å²) in [7, 11) is 0. The van der Waals surface area contributed by atoms with Crippen molar-refractivity contribution < 1.29 is 0 Å². The summed E-state index contributed by atoms with van der Waals surface area (Å²) in [5.41, 5.74) is 13.8. The SMILES string of the molecule is NCCCc1ccccc1CCN. The molecule has 4 N–H and O–H groups in total. The van der Waals surface area contributed by atoms with Crippen LogP contribution < -0.4 is 11.5 Å². The molecule has 0 radical (unpaired) electrons. The predicted octanol–water partition coefficient (Wildman–Crippen LogP) is 1.08. The number of nitrogens with two attached hydrogens (primary N) is 2. The third-order valence-corrected chi connectivity index (χ3v) is 2.18. The molecule has 0 fully saturated rings. The van der Waals surface area contributed by atoms with Crippen LogP contribution in [0.3, 0.4) is 0 Å². The molecule has 0 unspecified atom stereocenters. The lowest BCUT2D eigenvalue weighted by Crippen LogP contribution is -2.06. The summed E-state index contributed by atoms with van der Waals surface area (Å²) in [6.45, 7) is 1.48. The predicted molar refractivity (Wildman–Crippen MR) is 56.6 cm³/mol. The van der Waals surface area contributed by atoms with Gasteiger partial charge in [-0.25, -0.2) is 0 Å². The lowest BCUT2D eigenvalue weighted by molar-refractivity contribution is 0.816. The highest BCUT2D eigenvalue weighted by atomic mass is 14.5. The van der Waals surface area contributed by atoms with Gasteiger partial charge in [0.05, 0.1) is 0 Å². The van der Waals surface area contributed by atoms with Crippen LogP contribution >= 0.6 is 0 Å².